The average molecular weight is 837 g/mol. The number of hydrogen-bond donors (Lipinski definition) is 4. The predicted octanol–water partition coefficient (Wildman–Crippen LogP) is 8.16. The lowest BCUT2D eigenvalue weighted by atomic mass is 9.95. The lowest BCUT2D eigenvalue weighted by Crippen LogP contribution is -2.36. The Morgan fingerprint density at radius 1 is 0.877 bits per heavy atom. The number of hydrogen-bond acceptors (Lipinski definition) is 10. The molecule has 1 saturated heterocycles. The molecule has 2 unspecified atom stereocenters. The van der Waals surface area contributed by atoms with Gasteiger partial charge in [0.15, 0.2) is 0 Å². The van der Waals surface area contributed by atoms with Crippen molar-refractivity contribution in [3.8, 4) is 0 Å². The molecule has 3 rings (SSSR count). The molecule has 1 aromatic carbocycles. The maximum Gasteiger partial charge on any atom is 0.508 e. The van der Waals surface area contributed by atoms with Gasteiger partial charge in [-0.3, -0.25) is 14.3 Å². The second-order valence-electron chi connectivity index (χ2n) is 14.4. The van der Waals surface area contributed by atoms with E-state index < -0.39 is 48.5 Å². The summed E-state index contributed by atoms with van der Waals surface area (Å²) in [5.41, 5.74) is -0.512. The minimum Gasteiger partial charge on any atom is -0.431 e. The molecule has 1 aliphatic heterocycles. The van der Waals surface area contributed by atoms with E-state index in [1.54, 1.807) is 12.1 Å². The van der Waals surface area contributed by atoms with E-state index in [1.165, 1.54) is 94.6 Å². The summed E-state index contributed by atoms with van der Waals surface area (Å²) >= 11 is 5.17. The molecular weight excluding hydrogens is 772 g/mol. The average Bonchev–Trinajstić information content (AvgIpc) is 3.52. The zero-order chi connectivity index (χ0) is 41.1. The Balaban J connectivity index is 1.41. The Labute approximate surface area is 342 Å². The van der Waals surface area contributed by atoms with E-state index in [2.05, 4.69) is 22.5 Å². The summed E-state index contributed by atoms with van der Waals surface area (Å²) in [6, 6.07) is 10.1. The van der Waals surface area contributed by atoms with Gasteiger partial charge in [0.1, 0.15) is 31.6 Å². The number of aromatic amines is 1. The topological polar surface area (TPSA) is 179 Å². The van der Waals surface area contributed by atoms with Crippen molar-refractivity contribution in [3.05, 3.63) is 81.1 Å². The van der Waals surface area contributed by atoms with E-state index in [0.717, 1.165) is 37.7 Å². The second kappa shape index (κ2) is 28.2. The summed E-state index contributed by atoms with van der Waals surface area (Å²) < 4.78 is 29.0. The highest BCUT2D eigenvalue weighted by Gasteiger charge is 2.48. The maximum absolute atomic E-state index is 12.9. The quantitative estimate of drug-likeness (QED) is 0.0269. The van der Waals surface area contributed by atoms with E-state index in [4.69, 9.17) is 35.1 Å². The third-order valence-electron chi connectivity index (χ3n) is 9.87. The third kappa shape index (κ3) is 19.8. The first-order chi connectivity index (χ1) is 27.6. The van der Waals surface area contributed by atoms with Crippen molar-refractivity contribution in [1.82, 2.24) is 20.2 Å². The van der Waals surface area contributed by atoms with Crippen molar-refractivity contribution in [2.75, 3.05) is 26.8 Å². The van der Waals surface area contributed by atoms with Gasteiger partial charge in [-0.2, -0.15) is 0 Å². The molecule has 0 spiro atoms. The molecule has 57 heavy (non-hydrogen) atoms. The fourth-order valence-corrected chi connectivity index (χ4v) is 7.68. The number of allylic oxidation sites excluding steroid dienone is 2. The molecule has 5 atom stereocenters. The highest BCUT2D eigenvalue weighted by atomic mass is 32.5. The Kier molecular flexibility index (Phi) is 23.7. The molecular formula is C41H65N4O10PS. The number of unbranched alkanes of at least 4 members (excludes halogenated alkanes) is 14. The van der Waals surface area contributed by atoms with Crippen molar-refractivity contribution in [1.29, 1.82) is 0 Å². The largest absolute Gasteiger partial charge is 0.508 e. The van der Waals surface area contributed by atoms with E-state index in [-0.39, 0.29) is 19.2 Å². The lowest BCUT2D eigenvalue weighted by Gasteiger charge is -2.26. The van der Waals surface area contributed by atoms with Gasteiger partial charge < -0.3 is 38.8 Å². The number of aromatic nitrogens is 2. The molecule has 0 bridgehead atoms. The number of nitrogens with zero attached hydrogens (tertiary/aromatic N) is 1. The van der Waals surface area contributed by atoms with Gasteiger partial charge in [0.25, 0.3) is 5.56 Å². The van der Waals surface area contributed by atoms with Gasteiger partial charge in [-0.05, 0) is 49.5 Å². The number of carbonyl (C=O) groups is 2. The Morgan fingerprint density at radius 3 is 2.11 bits per heavy atom. The van der Waals surface area contributed by atoms with Crippen molar-refractivity contribution in [2.45, 2.75) is 141 Å². The predicted molar refractivity (Wildman–Crippen MR) is 224 cm³/mol. The minimum absolute atomic E-state index is 0.00213. The van der Waals surface area contributed by atoms with Crippen LogP contribution in [0.2, 0.25) is 0 Å². The van der Waals surface area contributed by atoms with E-state index in [1.807, 2.05) is 30.4 Å². The summed E-state index contributed by atoms with van der Waals surface area (Å²) in [4.78, 5) is 62.3. The first-order valence-corrected chi connectivity index (χ1v) is 23.3. The van der Waals surface area contributed by atoms with Crippen LogP contribution in [0, 0.1) is 5.92 Å². The number of nitrogens with one attached hydrogen (secondary N) is 3. The number of benzene rings is 1. The minimum atomic E-state index is -3.75. The zero-order valence-corrected chi connectivity index (χ0v) is 35.5. The van der Waals surface area contributed by atoms with Crippen LogP contribution in [-0.2, 0) is 41.7 Å². The standard InChI is InChI=1S/C41H65N4O10PS/c1-3-4-5-6-7-8-9-10-11-12-13-16-22-28-42-39(47)43-29-23-17-14-15-21-26-34-37(55-56(50,57)51-2)35(54-38(34)45-30-27-36(46)44-40(45)48)32-53-41(49)52-31-33-24-19-18-20-25-33/h15,18-21,24-25,27,30,34-35,37-38H,3-14,16-17,22-23,26,28-29,31-32H2,1-2H3,(H,50,57)(H2,42,43,47)(H,44,46,48)/b21-15+/t34?,35-,37-,38-,56?/m1/s1. The molecule has 16 heteroatoms. The molecule has 2 aromatic rings. The van der Waals surface area contributed by atoms with Crippen molar-refractivity contribution >= 4 is 30.7 Å². The molecule has 2 amide bonds. The van der Waals surface area contributed by atoms with Crippen molar-refractivity contribution < 1.29 is 37.7 Å². The Hall–Kier alpha value is -3.33. The third-order valence-corrected chi connectivity index (χ3v) is 11.5. The number of ether oxygens (including phenoxy) is 3. The number of rotatable bonds is 29. The molecule has 0 saturated carbocycles. The van der Waals surface area contributed by atoms with Crippen LogP contribution in [-0.4, -0.2) is 65.6 Å². The number of urea groups is 1. The second-order valence-corrected chi connectivity index (χ2v) is 17.3. The van der Waals surface area contributed by atoms with Gasteiger partial charge in [0, 0.05) is 38.4 Å². The van der Waals surface area contributed by atoms with Crippen LogP contribution in [0.3, 0.4) is 0 Å². The van der Waals surface area contributed by atoms with Crippen molar-refractivity contribution in [3.63, 3.8) is 0 Å². The van der Waals surface area contributed by atoms with E-state index in [0.29, 0.717) is 19.5 Å². The molecule has 2 heterocycles. The van der Waals surface area contributed by atoms with Crippen LogP contribution in [0.25, 0.3) is 0 Å². The van der Waals surface area contributed by atoms with Gasteiger partial charge in [0.05, 0.1) is 0 Å². The first kappa shape index (κ1) is 48.0. The first-order valence-electron chi connectivity index (χ1n) is 20.7. The van der Waals surface area contributed by atoms with Crippen LogP contribution in [0.4, 0.5) is 9.59 Å². The molecule has 1 aromatic heterocycles. The molecule has 0 aliphatic carbocycles. The number of amides is 2. The van der Waals surface area contributed by atoms with E-state index in [9.17, 15) is 24.1 Å². The summed E-state index contributed by atoms with van der Waals surface area (Å²) in [5, 5.41) is 5.87. The normalized spacial score (nSPS) is 19.0. The molecule has 14 nitrogen and oxygen atoms in total. The summed E-state index contributed by atoms with van der Waals surface area (Å²) in [6.07, 6.45) is 20.7. The Morgan fingerprint density at radius 2 is 1.49 bits per heavy atom. The van der Waals surface area contributed by atoms with Gasteiger partial charge in [-0.1, -0.05) is 126 Å². The molecule has 4 N–H and O–H groups in total. The Bertz CT molecular complexity index is 1620. The van der Waals surface area contributed by atoms with Crippen LogP contribution < -0.4 is 21.9 Å². The molecule has 1 fully saturated rings. The maximum atomic E-state index is 12.9. The monoisotopic (exact) mass is 836 g/mol. The molecule has 320 valence electrons. The number of H-pyrrole nitrogens is 1. The highest BCUT2D eigenvalue weighted by molar-refractivity contribution is 8.07. The zero-order valence-electron chi connectivity index (χ0n) is 33.8. The molecule has 1 aliphatic rings. The van der Waals surface area contributed by atoms with Crippen LogP contribution in [0.1, 0.15) is 128 Å². The fraction of sp³-hybridized carbons (Fsp3) is 0.659. The van der Waals surface area contributed by atoms with Crippen LogP contribution in [0.5, 0.6) is 0 Å². The fourth-order valence-electron chi connectivity index (χ4n) is 6.70. The highest BCUT2D eigenvalue weighted by Crippen LogP contribution is 2.50. The summed E-state index contributed by atoms with van der Waals surface area (Å²) in [6.45, 7) is -0.613. The summed E-state index contributed by atoms with van der Waals surface area (Å²) in [7, 11) is 1.22. The smallest absolute Gasteiger partial charge is 0.431 e. The van der Waals surface area contributed by atoms with Gasteiger partial charge in [-0.15, -0.1) is 0 Å². The summed E-state index contributed by atoms with van der Waals surface area (Å²) in [5.74, 6) is -0.622. The van der Waals surface area contributed by atoms with Crippen molar-refractivity contribution in [2.24, 2.45) is 5.92 Å². The van der Waals surface area contributed by atoms with Gasteiger partial charge in [0.2, 0.25) is 0 Å². The van der Waals surface area contributed by atoms with E-state index >= 15 is 0 Å². The number of carbonyl (C=O) groups excluding carboxylic acids is 2. The van der Waals surface area contributed by atoms with Gasteiger partial charge in [-0.25, -0.2) is 14.4 Å². The molecule has 0 radical (unpaired) electrons. The van der Waals surface area contributed by atoms with Crippen LogP contribution >= 0.6 is 6.72 Å². The van der Waals surface area contributed by atoms with Gasteiger partial charge >= 0.3 is 24.6 Å². The van der Waals surface area contributed by atoms with Crippen LogP contribution in [0.15, 0.2) is 64.3 Å². The SMILES string of the molecule is CCCCCCCCCCCCCCCNC(=O)NCCCC/C=C/CC1[C@@H](OP(O)(=S)OC)[C@@H](COC(=O)OCc2ccccc2)O[C@H]1n1ccc(=O)[nH]c1=O. The lowest BCUT2D eigenvalue weighted by molar-refractivity contribution is -0.0593.